The predicted molar refractivity (Wildman–Crippen MR) is 104 cm³/mol. The maximum atomic E-state index is 12.1. The highest BCUT2D eigenvalue weighted by molar-refractivity contribution is 7.99. The average molecular weight is 411 g/mol. The van der Waals surface area contributed by atoms with Crippen LogP contribution in [0.5, 0.6) is 5.75 Å². The van der Waals surface area contributed by atoms with Crippen LogP contribution in [0.1, 0.15) is 12.2 Å². The number of anilines is 1. The average Bonchev–Trinajstić information content (AvgIpc) is 3.16. The van der Waals surface area contributed by atoms with Crippen molar-refractivity contribution in [1.82, 2.24) is 14.8 Å². The molecule has 1 amide bonds. The van der Waals surface area contributed by atoms with Crippen LogP contribution < -0.4 is 10.1 Å². The molecule has 146 valence electrons. The fourth-order valence-corrected chi connectivity index (χ4v) is 5.53. The van der Waals surface area contributed by atoms with Gasteiger partial charge in [-0.3, -0.25) is 4.79 Å². The Morgan fingerprint density at radius 1 is 1.33 bits per heavy atom. The molecule has 0 bridgehead atoms. The Hall–Kier alpha value is -2.07. The Bertz CT molecular complexity index is 910. The lowest BCUT2D eigenvalue weighted by Gasteiger charge is -2.08. The number of carbonyl (C=O) groups excluding carboxylic acids is 1. The molecule has 0 saturated carbocycles. The SMILES string of the molecule is COc1ccc(NC(=O)CSc2nnc(CC3CCS(=O)(=O)C3)n2C)cc1. The van der Waals surface area contributed by atoms with E-state index in [1.807, 2.05) is 11.6 Å². The van der Waals surface area contributed by atoms with Crippen molar-refractivity contribution in [3.05, 3.63) is 30.1 Å². The number of rotatable bonds is 7. The minimum atomic E-state index is -2.90. The molecule has 1 N–H and O–H groups in total. The van der Waals surface area contributed by atoms with Gasteiger partial charge in [-0.1, -0.05) is 11.8 Å². The molecule has 1 aromatic carbocycles. The number of carbonyl (C=O) groups is 1. The summed E-state index contributed by atoms with van der Waals surface area (Å²) in [6.07, 6.45) is 1.25. The molecule has 0 radical (unpaired) electrons. The van der Waals surface area contributed by atoms with Crippen LogP contribution in [0.25, 0.3) is 0 Å². The Labute approximate surface area is 162 Å². The second kappa shape index (κ2) is 8.30. The lowest BCUT2D eigenvalue weighted by molar-refractivity contribution is -0.113. The molecule has 1 saturated heterocycles. The van der Waals surface area contributed by atoms with Crippen molar-refractivity contribution < 1.29 is 17.9 Å². The van der Waals surface area contributed by atoms with Crippen molar-refractivity contribution in [2.24, 2.45) is 13.0 Å². The number of nitrogens with one attached hydrogen (secondary N) is 1. The quantitative estimate of drug-likeness (QED) is 0.691. The van der Waals surface area contributed by atoms with Gasteiger partial charge in [0.1, 0.15) is 11.6 Å². The first-order valence-corrected chi connectivity index (χ1v) is 11.3. The van der Waals surface area contributed by atoms with E-state index in [0.29, 0.717) is 23.7 Å². The van der Waals surface area contributed by atoms with E-state index in [4.69, 9.17) is 4.74 Å². The summed E-state index contributed by atoms with van der Waals surface area (Å²) in [5.74, 6) is 2.09. The molecule has 2 aromatic rings. The van der Waals surface area contributed by atoms with E-state index in [-0.39, 0.29) is 29.1 Å². The zero-order valence-electron chi connectivity index (χ0n) is 15.2. The van der Waals surface area contributed by atoms with Gasteiger partial charge in [0.05, 0.1) is 24.4 Å². The van der Waals surface area contributed by atoms with Crippen molar-refractivity contribution in [2.75, 3.05) is 29.7 Å². The molecule has 10 heteroatoms. The smallest absolute Gasteiger partial charge is 0.234 e. The van der Waals surface area contributed by atoms with Crippen LogP contribution in [0.2, 0.25) is 0 Å². The number of methoxy groups -OCH3 is 1. The highest BCUT2D eigenvalue weighted by Crippen LogP contribution is 2.24. The summed E-state index contributed by atoms with van der Waals surface area (Å²) in [4.78, 5) is 12.1. The summed E-state index contributed by atoms with van der Waals surface area (Å²) in [7, 11) is 0.523. The zero-order chi connectivity index (χ0) is 19.4. The van der Waals surface area contributed by atoms with Gasteiger partial charge in [0.25, 0.3) is 0 Å². The molecule has 2 heterocycles. The Morgan fingerprint density at radius 2 is 2.07 bits per heavy atom. The Kier molecular flexibility index (Phi) is 6.05. The van der Waals surface area contributed by atoms with Crippen LogP contribution in [-0.2, 0) is 28.1 Å². The second-order valence-corrected chi connectivity index (χ2v) is 9.67. The zero-order valence-corrected chi connectivity index (χ0v) is 16.8. The third kappa shape index (κ3) is 5.23. The first-order chi connectivity index (χ1) is 12.9. The first kappa shape index (κ1) is 19.7. The topological polar surface area (TPSA) is 103 Å². The molecule has 0 aliphatic carbocycles. The number of sulfone groups is 1. The van der Waals surface area contributed by atoms with Crippen molar-refractivity contribution in [1.29, 1.82) is 0 Å². The van der Waals surface area contributed by atoms with Gasteiger partial charge < -0.3 is 14.6 Å². The summed E-state index contributed by atoms with van der Waals surface area (Å²) in [6.45, 7) is 0. The fraction of sp³-hybridized carbons (Fsp3) is 0.471. The standard InChI is InChI=1S/C17H22N4O4S2/c1-21-15(9-12-7-8-27(23,24)11-12)19-20-17(21)26-10-16(22)18-13-3-5-14(25-2)6-4-13/h3-6,12H,7-11H2,1-2H3,(H,18,22). The van der Waals surface area contributed by atoms with Crippen molar-refractivity contribution in [2.45, 2.75) is 18.0 Å². The van der Waals surface area contributed by atoms with E-state index < -0.39 is 9.84 Å². The van der Waals surface area contributed by atoms with E-state index >= 15 is 0 Å². The van der Waals surface area contributed by atoms with E-state index in [1.54, 1.807) is 31.4 Å². The number of amides is 1. The lowest BCUT2D eigenvalue weighted by atomic mass is 10.1. The summed E-state index contributed by atoms with van der Waals surface area (Å²) in [6, 6.07) is 7.11. The van der Waals surface area contributed by atoms with E-state index in [1.165, 1.54) is 11.8 Å². The van der Waals surface area contributed by atoms with Gasteiger partial charge in [0.2, 0.25) is 5.91 Å². The van der Waals surface area contributed by atoms with Crippen molar-refractivity contribution in [3.63, 3.8) is 0 Å². The third-order valence-corrected chi connectivity index (χ3v) is 7.29. The van der Waals surface area contributed by atoms with E-state index in [9.17, 15) is 13.2 Å². The maximum Gasteiger partial charge on any atom is 0.234 e. The van der Waals surface area contributed by atoms with Crippen LogP contribution in [0, 0.1) is 5.92 Å². The number of ether oxygens (including phenoxy) is 1. The van der Waals surface area contributed by atoms with Gasteiger partial charge in [-0.05, 0) is 36.6 Å². The van der Waals surface area contributed by atoms with Gasteiger partial charge in [-0.25, -0.2) is 8.42 Å². The molecule has 8 nitrogen and oxygen atoms in total. The highest BCUT2D eigenvalue weighted by atomic mass is 32.2. The summed E-state index contributed by atoms with van der Waals surface area (Å²) >= 11 is 1.29. The van der Waals surface area contributed by atoms with Gasteiger partial charge >= 0.3 is 0 Å². The molecule has 1 aliphatic heterocycles. The monoisotopic (exact) mass is 410 g/mol. The lowest BCUT2D eigenvalue weighted by Crippen LogP contribution is -2.14. The largest absolute Gasteiger partial charge is 0.497 e. The molecule has 1 atom stereocenters. The second-order valence-electron chi connectivity index (χ2n) is 6.50. The fourth-order valence-electron chi connectivity index (χ4n) is 2.94. The summed E-state index contributed by atoms with van der Waals surface area (Å²) in [5, 5.41) is 11.7. The van der Waals surface area contributed by atoms with Crippen LogP contribution in [0.4, 0.5) is 5.69 Å². The van der Waals surface area contributed by atoms with Gasteiger partial charge in [0.15, 0.2) is 15.0 Å². The third-order valence-electron chi connectivity index (χ3n) is 4.43. The molecule has 3 rings (SSSR count). The van der Waals surface area contributed by atoms with Crippen LogP contribution >= 0.6 is 11.8 Å². The van der Waals surface area contributed by atoms with Crippen molar-refractivity contribution >= 4 is 33.2 Å². The predicted octanol–water partition coefficient (Wildman–Crippen LogP) is 1.53. The molecule has 1 aliphatic rings. The van der Waals surface area contributed by atoms with Crippen LogP contribution in [0.3, 0.4) is 0 Å². The number of benzene rings is 1. The maximum absolute atomic E-state index is 12.1. The van der Waals surface area contributed by atoms with E-state index in [0.717, 1.165) is 11.6 Å². The van der Waals surface area contributed by atoms with Crippen LogP contribution in [-0.4, -0.2) is 53.5 Å². The molecule has 27 heavy (non-hydrogen) atoms. The molecule has 0 spiro atoms. The summed E-state index contributed by atoms with van der Waals surface area (Å²) < 4.78 is 30.1. The van der Waals surface area contributed by atoms with Gasteiger partial charge in [-0.15, -0.1) is 10.2 Å². The number of hydrogen-bond donors (Lipinski definition) is 1. The highest BCUT2D eigenvalue weighted by Gasteiger charge is 2.29. The summed E-state index contributed by atoms with van der Waals surface area (Å²) in [5.41, 5.74) is 0.697. The molecule has 1 unspecified atom stereocenters. The number of aromatic nitrogens is 3. The van der Waals surface area contributed by atoms with Crippen LogP contribution in [0.15, 0.2) is 29.4 Å². The number of thioether (sulfide) groups is 1. The molecule has 1 aromatic heterocycles. The number of nitrogens with zero attached hydrogens (tertiary/aromatic N) is 3. The Balaban J connectivity index is 1.52. The minimum absolute atomic E-state index is 0.0918. The number of hydrogen-bond acceptors (Lipinski definition) is 7. The van der Waals surface area contributed by atoms with Gasteiger partial charge in [-0.2, -0.15) is 0 Å². The Morgan fingerprint density at radius 3 is 2.70 bits per heavy atom. The molecular weight excluding hydrogens is 388 g/mol. The van der Waals surface area contributed by atoms with Crippen molar-refractivity contribution in [3.8, 4) is 5.75 Å². The molecular formula is C17H22N4O4S2. The minimum Gasteiger partial charge on any atom is -0.497 e. The molecule has 1 fully saturated rings. The first-order valence-electron chi connectivity index (χ1n) is 8.51. The van der Waals surface area contributed by atoms with Gasteiger partial charge in [0, 0.05) is 19.2 Å². The normalized spacial score (nSPS) is 18.4. The van der Waals surface area contributed by atoms with E-state index in [2.05, 4.69) is 15.5 Å².